The number of benzene rings is 1. The zero-order chi connectivity index (χ0) is 13.9. The van der Waals surface area contributed by atoms with Crippen LogP contribution in [-0.4, -0.2) is 30.0 Å². The molecular weight excluding hydrogens is 250 g/mol. The van der Waals surface area contributed by atoms with Gasteiger partial charge in [0.05, 0.1) is 6.54 Å². The number of fused-ring (bicyclic) bond motifs is 3. The molecule has 2 aromatic rings. The van der Waals surface area contributed by atoms with Gasteiger partial charge in [-0.15, -0.1) is 0 Å². The van der Waals surface area contributed by atoms with Crippen molar-refractivity contribution in [2.24, 2.45) is 12.8 Å². The van der Waals surface area contributed by atoms with Gasteiger partial charge in [-0.3, -0.25) is 4.79 Å². The quantitative estimate of drug-likeness (QED) is 0.849. The summed E-state index contributed by atoms with van der Waals surface area (Å²) in [6, 6.07) is 6.02. The van der Waals surface area contributed by atoms with Crippen LogP contribution in [0.1, 0.15) is 34.7 Å². The van der Waals surface area contributed by atoms with E-state index in [1.165, 1.54) is 35.1 Å². The van der Waals surface area contributed by atoms with Gasteiger partial charge >= 0.3 is 0 Å². The minimum atomic E-state index is 0.0192. The predicted octanol–water partition coefficient (Wildman–Crippen LogP) is 2.02. The van der Waals surface area contributed by atoms with Gasteiger partial charge in [0, 0.05) is 42.2 Å². The Morgan fingerprint density at radius 1 is 1.35 bits per heavy atom. The van der Waals surface area contributed by atoms with E-state index in [0.717, 1.165) is 18.7 Å². The summed E-state index contributed by atoms with van der Waals surface area (Å²) in [4.78, 5) is 14.3. The molecule has 4 heterocycles. The Labute approximate surface area is 118 Å². The minimum Gasteiger partial charge on any atom is -0.358 e. The van der Waals surface area contributed by atoms with Crippen LogP contribution in [0, 0.1) is 0 Å². The molecule has 1 fully saturated rings. The van der Waals surface area contributed by atoms with E-state index >= 15 is 0 Å². The zero-order valence-corrected chi connectivity index (χ0v) is 11.7. The molecule has 0 atom stereocenters. The van der Waals surface area contributed by atoms with Gasteiger partial charge in [-0.25, -0.2) is 0 Å². The molecule has 0 saturated carbocycles. The molecule has 0 spiro atoms. The van der Waals surface area contributed by atoms with Gasteiger partial charge in [-0.1, -0.05) is 0 Å². The molecule has 4 heteroatoms. The molecule has 0 unspecified atom stereocenters. The molecule has 1 aromatic heterocycles. The van der Waals surface area contributed by atoms with Crippen LogP contribution in [0.3, 0.4) is 0 Å². The highest BCUT2D eigenvalue weighted by atomic mass is 16.1. The van der Waals surface area contributed by atoms with Crippen LogP contribution in [0.5, 0.6) is 0 Å². The maximum atomic E-state index is 11.8. The maximum Gasteiger partial charge on any atom is 0.176 e. The lowest BCUT2D eigenvalue weighted by Crippen LogP contribution is -2.39. The molecule has 3 aliphatic heterocycles. The maximum absolute atomic E-state index is 11.8. The number of carbonyl (C=O) groups excluding carboxylic acids is 1. The number of hydrogen-bond acceptors (Lipinski definition) is 3. The average molecular weight is 269 g/mol. The summed E-state index contributed by atoms with van der Waals surface area (Å²) in [6.07, 6.45) is 2.47. The molecule has 0 aliphatic carbocycles. The second-order valence-corrected chi connectivity index (χ2v) is 5.92. The fraction of sp³-hybridized carbons (Fsp3) is 0.438. The summed E-state index contributed by atoms with van der Waals surface area (Å²) in [5, 5.41) is 1.25. The number of aromatic nitrogens is 1. The Kier molecular flexibility index (Phi) is 2.45. The Morgan fingerprint density at radius 2 is 2.10 bits per heavy atom. The number of rotatable bonds is 2. The van der Waals surface area contributed by atoms with E-state index in [0.29, 0.717) is 5.92 Å². The fourth-order valence-electron chi connectivity index (χ4n) is 3.92. The van der Waals surface area contributed by atoms with Gasteiger partial charge in [0.2, 0.25) is 0 Å². The summed E-state index contributed by atoms with van der Waals surface area (Å²) in [5.41, 5.74) is 8.90. The number of Topliss-reactive ketones (excluding diaryl/α,β-unsaturated/α-hetero) is 1. The van der Waals surface area contributed by atoms with Crippen molar-refractivity contribution in [2.45, 2.75) is 18.8 Å². The molecule has 104 valence electrons. The summed E-state index contributed by atoms with van der Waals surface area (Å²) in [7, 11) is 2.13. The molecule has 5 rings (SSSR count). The summed E-state index contributed by atoms with van der Waals surface area (Å²) in [6.45, 7) is 2.41. The molecule has 2 bridgehead atoms. The predicted molar refractivity (Wildman–Crippen MR) is 80.5 cm³/mol. The fourth-order valence-corrected chi connectivity index (χ4v) is 3.92. The third-order valence-corrected chi connectivity index (χ3v) is 4.92. The summed E-state index contributed by atoms with van der Waals surface area (Å²) in [5.74, 6) is 2.03. The van der Waals surface area contributed by atoms with Crippen molar-refractivity contribution in [1.29, 1.82) is 0 Å². The molecule has 4 nitrogen and oxygen atoms in total. The first-order valence-electron chi connectivity index (χ1n) is 7.31. The van der Waals surface area contributed by atoms with E-state index in [9.17, 15) is 4.79 Å². The highest BCUT2D eigenvalue weighted by Gasteiger charge is 2.35. The van der Waals surface area contributed by atoms with Gasteiger partial charge < -0.3 is 15.2 Å². The average Bonchev–Trinajstić information content (AvgIpc) is 2.83. The van der Waals surface area contributed by atoms with Crippen LogP contribution in [0.2, 0.25) is 0 Å². The number of hydrogen-bond donors (Lipinski definition) is 1. The molecule has 3 aliphatic rings. The minimum absolute atomic E-state index is 0.0192. The van der Waals surface area contributed by atoms with E-state index in [1.807, 2.05) is 12.1 Å². The van der Waals surface area contributed by atoms with Crippen LogP contribution in [-0.2, 0) is 7.05 Å². The van der Waals surface area contributed by atoms with Gasteiger partial charge in [0.15, 0.2) is 5.78 Å². The Bertz CT molecular complexity index is 708. The lowest BCUT2D eigenvalue weighted by molar-refractivity contribution is 0.100. The molecule has 2 N–H and O–H groups in total. The molecule has 1 aromatic carbocycles. The zero-order valence-electron chi connectivity index (χ0n) is 11.7. The largest absolute Gasteiger partial charge is 0.358 e. The number of ketones is 1. The van der Waals surface area contributed by atoms with Crippen LogP contribution >= 0.6 is 0 Å². The van der Waals surface area contributed by atoms with Crippen molar-refractivity contribution < 1.29 is 4.79 Å². The van der Waals surface area contributed by atoms with Gasteiger partial charge in [0.1, 0.15) is 5.82 Å². The lowest BCUT2D eigenvalue weighted by Gasteiger charge is -2.41. The monoisotopic (exact) mass is 269 g/mol. The van der Waals surface area contributed by atoms with Crippen molar-refractivity contribution in [2.75, 3.05) is 24.5 Å². The standard InChI is InChI=1S/C16H19N3O/c1-18-13-3-2-11(14(20)9-17)8-12(13)15-10-4-6-19(7-5-10)16(15)18/h2-3,8,10H,4-7,9,17H2,1H3. The van der Waals surface area contributed by atoms with Gasteiger partial charge in [-0.2, -0.15) is 0 Å². The van der Waals surface area contributed by atoms with Crippen molar-refractivity contribution in [3.63, 3.8) is 0 Å². The molecule has 0 amide bonds. The summed E-state index contributed by atoms with van der Waals surface area (Å²) < 4.78 is 2.28. The lowest BCUT2D eigenvalue weighted by atomic mass is 9.84. The van der Waals surface area contributed by atoms with Crippen molar-refractivity contribution in [3.05, 3.63) is 29.3 Å². The van der Waals surface area contributed by atoms with E-state index in [4.69, 9.17) is 5.73 Å². The molecule has 0 radical (unpaired) electrons. The van der Waals surface area contributed by atoms with Crippen LogP contribution in [0.25, 0.3) is 10.9 Å². The van der Waals surface area contributed by atoms with E-state index in [-0.39, 0.29) is 12.3 Å². The van der Waals surface area contributed by atoms with Crippen molar-refractivity contribution in [3.8, 4) is 0 Å². The Balaban J connectivity index is 2.00. The molecular formula is C16H19N3O. The Morgan fingerprint density at radius 3 is 2.80 bits per heavy atom. The second-order valence-electron chi connectivity index (χ2n) is 5.92. The Hall–Kier alpha value is -1.81. The number of aryl methyl sites for hydroxylation is 1. The van der Waals surface area contributed by atoms with Crippen LogP contribution in [0.15, 0.2) is 18.2 Å². The van der Waals surface area contributed by atoms with Crippen LogP contribution in [0.4, 0.5) is 5.82 Å². The number of piperidine rings is 1. The third-order valence-electron chi connectivity index (χ3n) is 4.92. The van der Waals surface area contributed by atoms with E-state index < -0.39 is 0 Å². The third kappa shape index (κ3) is 1.43. The normalized spacial score (nSPS) is 17.8. The number of nitrogens with zero attached hydrogens (tertiary/aromatic N) is 2. The number of anilines is 1. The first-order chi connectivity index (χ1) is 9.70. The van der Waals surface area contributed by atoms with E-state index in [1.54, 1.807) is 0 Å². The van der Waals surface area contributed by atoms with E-state index in [2.05, 4.69) is 22.6 Å². The van der Waals surface area contributed by atoms with Gasteiger partial charge in [0.25, 0.3) is 0 Å². The topological polar surface area (TPSA) is 51.3 Å². The second kappa shape index (κ2) is 4.09. The SMILES string of the molecule is Cn1c2c(c3cc(C(=O)CN)ccc31)C1CCN2CC1. The number of carbonyl (C=O) groups is 1. The van der Waals surface area contributed by atoms with Gasteiger partial charge in [-0.05, 0) is 37.0 Å². The van der Waals surface area contributed by atoms with Crippen LogP contribution < -0.4 is 10.6 Å². The highest BCUT2D eigenvalue weighted by molar-refractivity contribution is 6.02. The number of nitrogens with two attached hydrogens (primary N) is 1. The first kappa shape index (κ1) is 12.0. The first-order valence-corrected chi connectivity index (χ1v) is 7.31. The smallest absolute Gasteiger partial charge is 0.176 e. The molecule has 1 saturated heterocycles. The molecule has 20 heavy (non-hydrogen) atoms. The van der Waals surface area contributed by atoms with Crippen molar-refractivity contribution >= 4 is 22.5 Å². The van der Waals surface area contributed by atoms with Crippen molar-refractivity contribution in [1.82, 2.24) is 4.57 Å². The summed E-state index contributed by atoms with van der Waals surface area (Å²) >= 11 is 0. The highest BCUT2D eigenvalue weighted by Crippen LogP contribution is 2.47.